The first-order valence-corrected chi connectivity index (χ1v) is 2.30. The van der Waals surface area contributed by atoms with E-state index in [1.807, 2.05) is 0 Å². The predicted octanol–water partition coefficient (Wildman–Crippen LogP) is -2.53. The maximum absolute atomic E-state index is 6.63. The minimum atomic E-state index is -0.442. The topological polar surface area (TPSA) is 153 Å². The van der Waals surface area contributed by atoms with Crippen LogP contribution in [0.25, 0.3) is 0 Å². The molecular weight excluding hydrogens is 134 g/mol. The number of hydrogen-bond acceptors (Lipinski definition) is 1. The van der Waals surface area contributed by atoms with Gasteiger partial charge in [0.2, 0.25) is 11.9 Å². The van der Waals surface area contributed by atoms with Gasteiger partial charge in [-0.05, 0) is 0 Å². The maximum Gasteiger partial charge on any atom is 0.226 e. The molecule has 0 heterocycles. The molecule has 0 atom stereocenters. The van der Waals surface area contributed by atoms with E-state index in [-0.39, 0.29) is 11.9 Å². The highest BCUT2D eigenvalue weighted by Crippen LogP contribution is 1.69. The van der Waals surface area contributed by atoms with Crippen molar-refractivity contribution in [3.8, 4) is 0 Å². The van der Waals surface area contributed by atoms with Crippen LogP contribution in [-0.2, 0) is 0 Å². The van der Waals surface area contributed by atoms with Crippen LogP contribution in [0.2, 0.25) is 0 Å². The number of hydrogen-bond donors (Lipinski definition) is 5. The molecule has 7 heteroatoms. The maximum atomic E-state index is 6.63. The van der Waals surface area contributed by atoms with Gasteiger partial charge in [0.25, 0.3) is 0 Å². The molecule has 0 radical (unpaired) electrons. The second kappa shape index (κ2) is 3.28. The Morgan fingerprint density at radius 3 is 1.80 bits per heavy atom. The molecule has 7 nitrogen and oxygen atoms in total. The van der Waals surface area contributed by atoms with Gasteiger partial charge < -0.3 is 22.9 Å². The number of nitrogens with two attached hydrogens (primary N) is 4. The van der Waals surface area contributed by atoms with Crippen molar-refractivity contribution in [2.24, 2.45) is 32.9 Å². The van der Waals surface area contributed by atoms with Crippen LogP contribution in [0, 0.1) is 5.41 Å². The monoisotopic (exact) mass is 143 g/mol. The van der Waals surface area contributed by atoms with Gasteiger partial charge in [-0.2, -0.15) is 9.98 Å². The Kier molecular flexibility index (Phi) is 2.69. The van der Waals surface area contributed by atoms with Crippen molar-refractivity contribution >= 4 is 17.9 Å². The number of guanidine groups is 3. The Hall–Kier alpha value is -1.79. The van der Waals surface area contributed by atoms with Crippen LogP contribution >= 0.6 is 0 Å². The van der Waals surface area contributed by atoms with Crippen LogP contribution in [0.15, 0.2) is 9.98 Å². The van der Waals surface area contributed by atoms with E-state index in [1.54, 1.807) is 0 Å². The van der Waals surface area contributed by atoms with Crippen LogP contribution in [0.3, 0.4) is 0 Å². The molecule has 56 valence electrons. The van der Waals surface area contributed by atoms with Gasteiger partial charge >= 0.3 is 0 Å². The van der Waals surface area contributed by atoms with E-state index in [0.717, 1.165) is 0 Å². The third-order valence-corrected chi connectivity index (χ3v) is 0.479. The molecule has 0 fully saturated rings. The first-order valence-electron chi connectivity index (χ1n) is 2.30. The molecule has 0 bridgehead atoms. The highest BCUT2D eigenvalue weighted by atomic mass is 15.1. The summed E-state index contributed by atoms with van der Waals surface area (Å²) in [6, 6.07) is 0. The summed E-state index contributed by atoms with van der Waals surface area (Å²) in [5.74, 6) is -0.891. The Balaban J connectivity index is 4.22. The van der Waals surface area contributed by atoms with E-state index in [1.165, 1.54) is 0 Å². The first-order chi connectivity index (χ1) is 4.52. The van der Waals surface area contributed by atoms with Gasteiger partial charge in [0, 0.05) is 0 Å². The van der Waals surface area contributed by atoms with E-state index in [2.05, 4.69) is 9.98 Å². The van der Waals surface area contributed by atoms with Gasteiger partial charge in [-0.25, -0.2) is 0 Å². The van der Waals surface area contributed by atoms with Crippen molar-refractivity contribution in [2.75, 3.05) is 0 Å². The van der Waals surface area contributed by atoms with Crippen molar-refractivity contribution in [1.82, 2.24) is 0 Å². The lowest BCUT2D eigenvalue weighted by atomic mass is 10.9. The van der Waals surface area contributed by atoms with Crippen LogP contribution in [0.5, 0.6) is 0 Å². The summed E-state index contributed by atoms with van der Waals surface area (Å²) in [5, 5.41) is 6.63. The Labute approximate surface area is 57.3 Å². The molecule has 0 saturated heterocycles. The number of nitrogens with one attached hydrogen (secondary N) is 1. The second-order valence-electron chi connectivity index (χ2n) is 1.39. The van der Waals surface area contributed by atoms with Crippen molar-refractivity contribution in [3.63, 3.8) is 0 Å². The standard InChI is InChI=1S/C3H9N7/c4-1(5)9-3(8)10-2(6)7/h(H9,4,5,6,7,8,9,10). The van der Waals surface area contributed by atoms with Crippen molar-refractivity contribution in [1.29, 1.82) is 5.41 Å². The third-order valence-electron chi connectivity index (χ3n) is 0.479. The molecule has 0 aliphatic rings. The normalized spacial score (nSPS) is 10.6. The molecule has 0 aromatic carbocycles. The third kappa shape index (κ3) is 4.37. The molecule has 0 aromatic rings. The van der Waals surface area contributed by atoms with Gasteiger partial charge in [0.1, 0.15) is 0 Å². The highest BCUT2D eigenvalue weighted by Gasteiger charge is 1.88. The fourth-order valence-electron chi connectivity index (χ4n) is 0.281. The lowest BCUT2D eigenvalue weighted by molar-refractivity contribution is 1.34. The van der Waals surface area contributed by atoms with E-state index in [9.17, 15) is 0 Å². The number of nitrogens with zero attached hydrogens (tertiary/aromatic N) is 2. The summed E-state index contributed by atoms with van der Waals surface area (Å²) in [7, 11) is 0. The molecule has 10 heavy (non-hydrogen) atoms. The highest BCUT2D eigenvalue weighted by molar-refractivity contribution is 5.98. The zero-order chi connectivity index (χ0) is 8.15. The summed E-state index contributed by atoms with van der Waals surface area (Å²) in [4.78, 5) is 6.52. The summed E-state index contributed by atoms with van der Waals surface area (Å²) in [6.45, 7) is 0. The lowest BCUT2D eigenvalue weighted by Crippen LogP contribution is -2.27. The van der Waals surface area contributed by atoms with Gasteiger partial charge in [-0.3, -0.25) is 5.41 Å². The molecule has 0 spiro atoms. The van der Waals surface area contributed by atoms with Gasteiger partial charge in [-0.15, -0.1) is 0 Å². The molecule has 0 aliphatic heterocycles. The molecule has 0 aliphatic carbocycles. The summed E-state index contributed by atoms with van der Waals surface area (Å²) < 4.78 is 0. The number of rotatable bonds is 0. The zero-order valence-corrected chi connectivity index (χ0v) is 5.20. The quantitative estimate of drug-likeness (QED) is 0.187. The van der Waals surface area contributed by atoms with Gasteiger partial charge in [0.05, 0.1) is 0 Å². The fourth-order valence-corrected chi connectivity index (χ4v) is 0.281. The molecule has 0 saturated carbocycles. The average Bonchev–Trinajstić information content (AvgIpc) is 1.58. The van der Waals surface area contributed by atoms with Crippen LogP contribution in [0.1, 0.15) is 0 Å². The zero-order valence-electron chi connectivity index (χ0n) is 5.20. The van der Waals surface area contributed by atoms with E-state index in [4.69, 9.17) is 28.3 Å². The Morgan fingerprint density at radius 2 is 1.50 bits per heavy atom. The second-order valence-corrected chi connectivity index (χ2v) is 1.39. The minimum absolute atomic E-state index is 0.220. The Morgan fingerprint density at radius 1 is 1.00 bits per heavy atom. The van der Waals surface area contributed by atoms with Crippen LogP contribution < -0.4 is 22.9 Å². The first kappa shape index (κ1) is 8.21. The molecular formula is C3H9N7. The van der Waals surface area contributed by atoms with Crippen LogP contribution in [-0.4, -0.2) is 17.9 Å². The van der Waals surface area contributed by atoms with Gasteiger partial charge in [0.15, 0.2) is 5.96 Å². The molecule has 0 amide bonds. The summed E-state index contributed by atoms with van der Waals surface area (Å²) in [6.07, 6.45) is 0. The van der Waals surface area contributed by atoms with Gasteiger partial charge in [-0.1, -0.05) is 0 Å². The van der Waals surface area contributed by atoms with E-state index < -0.39 is 5.96 Å². The average molecular weight is 143 g/mol. The Bertz CT molecular complexity index is 185. The van der Waals surface area contributed by atoms with Crippen molar-refractivity contribution in [3.05, 3.63) is 0 Å². The van der Waals surface area contributed by atoms with Crippen molar-refractivity contribution in [2.45, 2.75) is 0 Å². The minimum Gasteiger partial charge on any atom is -0.370 e. The van der Waals surface area contributed by atoms with Crippen molar-refractivity contribution < 1.29 is 0 Å². The van der Waals surface area contributed by atoms with E-state index >= 15 is 0 Å². The lowest BCUT2D eigenvalue weighted by Gasteiger charge is -1.90. The van der Waals surface area contributed by atoms with E-state index in [0.29, 0.717) is 0 Å². The fraction of sp³-hybridized carbons (Fsp3) is 0. The largest absolute Gasteiger partial charge is 0.370 e. The molecule has 9 N–H and O–H groups in total. The SMILES string of the molecule is N=C(N)N=C(N)N=C(N)N. The molecule has 0 aromatic heterocycles. The van der Waals surface area contributed by atoms with Crippen LogP contribution in [0.4, 0.5) is 0 Å². The smallest absolute Gasteiger partial charge is 0.226 e. The molecule has 0 rings (SSSR count). The number of aliphatic imine (C=N–C) groups is 2. The summed E-state index contributed by atoms with van der Waals surface area (Å²) in [5.41, 5.74) is 19.7. The molecule has 0 unspecified atom stereocenters. The summed E-state index contributed by atoms with van der Waals surface area (Å²) >= 11 is 0. The predicted molar refractivity (Wildman–Crippen MR) is 39.3 cm³/mol.